The maximum absolute atomic E-state index is 5.99. The lowest BCUT2D eigenvalue weighted by molar-refractivity contribution is -0.441. The number of unbranched alkanes of at least 4 members (excludes halogenated alkanes) is 1. The summed E-state index contributed by atoms with van der Waals surface area (Å²) in [5.74, 6) is 1.59. The Labute approximate surface area is 175 Å². The molecule has 0 saturated heterocycles. The van der Waals surface area contributed by atoms with Crippen molar-refractivity contribution >= 4 is 11.4 Å². The molecule has 0 spiro atoms. The van der Waals surface area contributed by atoms with Crippen molar-refractivity contribution in [2.24, 2.45) is 5.92 Å². The molecule has 1 unspecified atom stereocenters. The average Bonchev–Trinajstić information content (AvgIpc) is 3.34. The Bertz CT molecular complexity index is 913. The van der Waals surface area contributed by atoms with Crippen molar-refractivity contribution in [3.05, 3.63) is 84.5 Å². The lowest BCUT2D eigenvalue weighted by atomic mass is 9.76. The molecular weight excluding hydrogens is 354 g/mol. The lowest BCUT2D eigenvalue weighted by Gasteiger charge is -2.22. The van der Waals surface area contributed by atoms with Crippen molar-refractivity contribution in [3.8, 4) is 5.75 Å². The highest BCUT2D eigenvalue weighted by Gasteiger charge is 2.45. The number of para-hydroxylation sites is 2. The molecular formula is C27H32NO+. The smallest absolute Gasteiger partial charge is 0.209 e. The zero-order chi connectivity index (χ0) is 20.1. The predicted octanol–water partition coefficient (Wildman–Crippen LogP) is 6.44. The number of nitrogens with zero attached hydrogens (tertiary/aromatic N) is 1. The van der Waals surface area contributed by atoms with E-state index in [9.17, 15) is 0 Å². The normalized spacial score (nSPS) is 20.5. The van der Waals surface area contributed by atoms with E-state index in [4.69, 9.17) is 4.74 Å². The Morgan fingerprint density at radius 1 is 0.931 bits per heavy atom. The third kappa shape index (κ3) is 4.22. The van der Waals surface area contributed by atoms with Gasteiger partial charge in [0.2, 0.25) is 5.69 Å². The molecule has 0 aromatic heterocycles. The summed E-state index contributed by atoms with van der Waals surface area (Å²) in [6.07, 6.45) is 14.0. The van der Waals surface area contributed by atoms with E-state index in [0.717, 1.165) is 12.3 Å². The zero-order valence-corrected chi connectivity index (χ0v) is 17.7. The topological polar surface area (TPSA) is 12.2 Å². The molecule has 2 aliphatic rings. The second-order valence-corrected chi connectivity index (χ2v) is 8.43. The Kier molecular flexibility index (Phi) is 5.99. The molecule has 2 aromatic carbocycles. The first-order chi connectivity index (χ1) is 14.2. The molecule has 0 bridgehead atoms. The molecule has 0 fully saturated rings. The number of benzene rings is 2. The standard InChI is InChI=1S/C27H32NO/c1-22-27(2,19-11-10-14-23-12-6-7-13-23)25-17-8-9-18-26(25)28(22)20-21-29-24-15-4-3-5-16-24/h3-9,12-13,15-18,23H,10-11,14,19-21H2,1-2H3/q+1. The van der Waals surface area contributed by atoms with Gasteiger partial charge in [-0.15, -0.1) is 0 Å². The van der Waals surface area contributed by atoms with Crippen LogP contribution in [-0.4, -0.2) is 23.4 Å². The predicted molar refractivity (Wildman–Crippen MR) is 121 cm³/mol. The first-order valence-corrected chi connectivity index (χ1v) is 10.9. The van der Waals surface area contributed by atoms with Gasteiger partial charge < -0.3 is 4.74 Å². The van der Waals surface area contributed by atoms with E-state index in [2.05, 4.69) is 67.0 Å². The number of ether oxygens (including phenoxy) is 1. The van der Waals surface area contributed by atoms with Gasteiger partial charge in [0.25, 0.3) is 0 Å². The first-order valence-electron chi connectivity index (χ1n) is 10.9. The largest absolute Gasteiger partial charge is 0.487 e. The Morgan fingerprint density at radius 3 is 2.45 bits per heavy atom. The van der Waals surface area contributed by atoms with Gasteiger partial charge in [-0.25, -0.2) is 0 Å². The van der Waals surface area contributed by atoms with Gasteiger partial charge in [0.15, 0.2) is 12.3 Å². The zero-order valence-electron chi connectivity index (χ0n) is 17.7. The molecule has 4 rings (SSSR count). The van der Waals surface area contributed by atoms with Gasteiger partial charge in [-0.2, -0.15) is 4.58 Å². The first kappa shape index (κ1) is 19.7. The number of hydrogen-bond acceptors (Lipinski definition) is 1. The van der Waals surface area contributed by atoms with Crippen molar-refractivity contribution in [1.29, 1.82) is 0 Å². The Balaban J connectivity index is 1.43. The summed E-state index contributed by atoms with van der Waals surface area (Å²) in [7, 11) is 0. The van der Waals surface area contributed by atoms with E-state index in [1.54, 1.807) is 0 Å². The monoisotopic (exact) mass is 386 g/mol. The minimum Gasteiger partial charge on any atom is -0.487 e. The van der Waals surface area contributed by atoms with E-state index in [-0.39, 0.29) is 5.41 Å². The maximum Gasteiger partial charge on any atom is 0.209 e. The number of rotatable bonds is 9. The minimum atomic E-state index is 0.116. The summed E-state index contributed by atoms with van der Waals surface area (Å²) in [6, 6.07) is 19.0. The molecule has 29 heavy (non-hydrogen) atoms. The molecule has 0 N–H and O–H groups in total. The van der Waals surface area contributed by atoms with Gasteiger partial charge in [0.1, 0.15) is 12.4 Å². The summed E-state index contributed by atoms with van der Waals surface area (Å²) < 4.78 is 8.46. The molecule has 1 aliphatic carbocycles. The Morgan fingerprint density at radius 2 is 1.66 bits per heavy atom. The van der Waals surface area contributed by atoms with Crippen LogP contribution >= 0.6 is 0 Å². The Hall–Kier alpha value is -2.61. The van der Waals surface area contributed by atoms with E-state index < -0.39 is 0 Å². The van der Waals surface area contributed by atoms with Gasteiger partial charge in [-0.1, -0.05) is 73.5 Å². The van der Waals surface area contributed by atoms with Crippen LogP contribution in [0.3, 0.4) is 0 Å². The molecule has 1 aliphatic heterocycles. The van der Waals surface area contributed by atoms with Crippen LogP contribution in [0.25, 0.3) is 0 Å². The fourth-order valence-electron chi connectivity index (χ4n) is 4.75. The van der Waals surface area contributed by atoms with Crippen molar-refractivity contribution in [2.45, 2.75) is 44.9 Å². The molecule has 0 amide bonds. The second-order valence-electron chi connectivity index (χ2n) is 8.43. The van der Waals surface area contributed by atoms with Gasteiger partial charge >= 0.3 is 0 Å². The third-order valence-electron chi connectivity index (χ3n) is 6.61. The van der Waals surface area contributed by atoms with E-state index >= 15 is 0 Å². The molecule has 0 saturated carbocycles. The summed E-state index contributed by atoms with van der Waals surface area (Å²) in [5.41, 5.74) is 4.39. The van der Waals surface area contributed by atoms with Crippen LogP contribution in [0.15, 0.2) is 78.9 Å². The molecule has 1 atom stereocenters. The third-order valence-corrected chi connectivity index (χ3v) is 6.61. The second kappa shape index (κ2) is 8.82. The van der Waals surface area contributed by atoms with Gasteiger partial charge in [0, 0.05) is 18.6 Å². The van der Waals surface area contributed by atoms with Crippen molar-refractivity contribution in [3.63, 3.8) is 0 Å². The van der Waals surface area contributed by atoms with Crippen molar-refractivity contribution < 1.29 is 9.31 Å². The van der Waals surface area contributed by atoms with Gasteiger partial charge in [-0.05, 0) is 37.8 Å². The fourth-order valence-corrected chi connectivity index (χ4v) is 4.75. The van der Waals surface area contributed by atoms with E-state index in [0.29, 0.717) is 12.5 Å². The molecule has 1 heterocycles. The van der Waals surface area contributed by atoms with Crippen LogP contribution in [0.1, 0.15) is 45.1 Å². The summed E-state index contributed by atoms with van der Waals surface area (Å²) in [4.78, 5) is 0. The van der Waals surface area contributed by atoms with E-state index in [1.807, 2.05) is 30.3 Å². The average molecular weight is 387 g/mol. The quantitative estimate of drug-likeness (QED) is 0.356. The van der Waals surface area contributed by atoms with Crippen LogP contribution in [0.5, 0.6) is 5.75 Å². The van der Waals surface area contributed by atoms with Gasteiger partial charge in [-0.3, -0.25) is 0 Å². The summed E-state index contributed by atoms with van der Waals surface area (Å²) in [6.45, 7) is 6.30. The number of allylic oxidation sites excluding steroid dienone is 4. The maximum atomic E-state index is 5.99. The van der Waals surface area contributed by atoms with E-state index in [1.165, 1.54) is 42.6 Å². The van der Waals surface area contributed by atoms with Crippen molar-refractivity contribution in [2.75, 3.05) is 13.2 Å². The highest BCUT2D eigenvalue weighted by Crippen LogP contribution is 2.42. The van der Waals surface area contributed by atoms with Crippen molar-refractivity contribution in [1.82, 2.24) is 0 Å². The van der Waals surface area contributed by atoms with Crippen LogP contribution in [0.2, 0.25) is 0 Å². The highest BCUT2D eigenvalue weighted by atomic mass is 16.5. The number of hydrogen-bond donors (Lipinski definition) is 0. The minimum absolute atomic E-state index is 0.116. The lowest BCUT2D eigenvalue weighted by Crippen LogP contribution is -2.31. The number of fused-ring (bicyclic) bond motifs is 1. The fraction of sp³-hybridized carbons (Fsp3) is 0.370. The highest BCUT2D eigenvalue weighted by molar-refractivity contribution is 5.93. The molecule has 150 valence electrons. The molecule has 0 radical (unpaired) electrons. The summed E-state index contributed by atoms with van der Waals surface area (Å²) in [5, 5.41) is 0. The van der Waals surface area contributed by atoms with Crippen LogP contribution in [-0.2, 0) is 5.41 Å². The molecule has 2 nitrogen and oxygen atoms in total. The SMILES string of the molecule is CC1=[N+](CCOc2ccccc2)c2ccccc2C1(C)CCCCC1C=CC=C1. The van der Waals surface area contributed by atoms with Crippen LogP contribution in [0.4, 0.5) is 5.69 Å². The van der Waals surface area contributed by atoms with Crippen LogP contribution in [0, 0.1) is 5.92 Å². The van der Waals surface area contributed by atoms with Gasteiger partial charge in [0.05, 0.1) is 5.41 Å². The molecule has 2 aromatic rings. The summed E-state index contributed by atoms with van der Waals surface area (Å²) >= 11 is 0. The van der Waals surface area contributed by atoms with Crippen LogP contribution < -0.4 is 4.74 Å². The molecule has 2 heteroatoms.